The first-order valence-electron chi connectivity index (χ1n) is 4.66. The van der Waals surface area contributed by atoms with Crippen molar-refractivity contribution in [2.45, 2.75) is 19.4 Å². The summed E-state index contributed by atoms with van der Waals surface area (Å²) >= 11 is 0. The zero-order chi connectivity index (χ0) is 11.4. The van der Waals surface area contributed by atoms with Crippen LogP contribution in [-0.4, -0.2) is 24.2 Å². The molecule has 0 aromatic heterocycles. The summed E-state index contributed by atoms with van der Waals surface area (Å²) in [4.78, 5) is 10.6. The number of carbonyl (C=O) groups is 1. The number of nitrogens with two attached hydrogens (primary N) is 1. The molecule has 5 heteroatoms. The summed E-state index contributed by atoms with van der Waals surface area (Å²) in [6, 6.07) is 4.73. The van der Waals surface area contributed by atoms with Crippen molar-refractivity contribution in [3.05, 3.63) is 29.3 Å². The van der Waals surface area contributed by atoms with E-state index in [0.717, 1.165) is 16.9 Å². The zero-order valence-electron chi connectivity index (χ0n) is 9.27. The van der Waals surface area contributed by atoms with E-state index in [0.29, 0.717) is 6.42 Å². The van der Waals surface area contributed by atoms with Crippen molar-refractivity contribution in [1.82, 2.24) is 0 Å². The van der Waals surface area contributed by atoms with Gasteiger partial charge in [-0.2, -0.15) is 0 Å². The summed E-state index contributed by atoms with van der Waals surface area (Å²) in [5, 5.41) is 8.68. The van der Waals surface area contributed by atoms with E-state index in [-0.39, 0.29) is 12.4 Å². The molecule has 0 bridgehead atoms. The third-order valence-corrected chi connectivity index (χ3v) is 2.12. The first-order valence-corrected chi connectivity index (χ1v) is 4.66. The monoisotopic (exact) mass is 245 g/mol. The van der Waals surface area contributed by atoms with Gasteiger partial charge in [-0.15, -0.1) is 12.4 Å². The van der Waals surface area contributed by atoms with Gasteiger partial charge in [-0.1, -0.05) is 6.07 Å². The Kier molecular flexibility index (Phi) is 5.85. The van der Waals surface area contributed by atoms with Crippen molar-refractivity contribution in [2.75, 3.05) is 7.11 Å². The lowest BCUT2D eigenvalue weighted by Crippen LogP contribution is -2.32. The average Bonchev–Trinajstić information content (AvgIpc) is 2.16. The molecule has 1 aromatic rings. The van der Waals surface area contributed by atoms with Gasteiger partial charge in [-0.05, 0) is 36.6 Å². The van der Waals surface area contributed by atoms with E-state index < -0.39 is 12.0 Å². The van der Waals surface area contributed by atoms with Gasteiger partial charge < -0.3 is 15.6 Å². The topological polar surface area (TPSA) is 72.5 Å². The van der Waals surface area contributed by atoms with Crippen molar-refractivity contribution in [2.24, 2.45) is 5.73 Å². The SMILES string of the molecule is COc1cc(C)cc(C[C@H](N)C(=O)O)c1.Cl. The molecule has 1 aromatic carbocycles. The van der Waals surface area contributed by atoms with Crippen LogP contribution in [0.3, 0.4) is 0 Å². The molecule has 0 aliphatic heterocycles. The molecule has 0 saturated carbocycles. The number of aryl methyl sites for hydroxylation is 1. The highest BCUT2D eigenvalue weighted by Crippen LogP contribution is 2.17. The van der Waals surface area contributed by atoms with E-state index >= 15 is 0 Å². The molecule has 0 amide bonds. The fraction of sp³-hybridized carbons (Fsp3) is 0.364. The van der Waals surface area contributed by atoms with Crippen LogP contribution >= 0.6 is 12.4 Å². The lowest BCUT2D eigenvalue weighted by atomic mass is 10.0. The third-order valence-electron chi connectivity index (χ3n) is 2.12. The molecule has 16 heavy (non-hydrogen) atoms. The fourth-order valence-electron chi connectivity index (χ4n) is 1.40. The van der Waals surface area contributed by atoms with Crippen LogP contribution in [0.1, 0.15) is 11.1 Å². The molecule has 3 N–H and O–H groups in total. The van der Waals surface area contributed by atoms with Crippen molar-refractivity contribution >= 4 is 18.4 Å². The molecule has 0 fully saturated rings. The van der Waals surface area contributed by atoms with Gasteiger partial charge in [0, 0.05) is 0 Å². The Labute approximate surface area is 101 Å². The number of benzene rings is 1. The van der Waals surface area contributed by atoms with Crippen LogP contribution in [0.4, 0.5) is 0 Å². The number of carboxylic acid groups (broad SMARTS) is 1. The molecule has 4 nitrogen and oxygen atoms in total. The Bertz CT molecular complexity index is 368. The number of hydrogen-bond acceptors (Lipinski definition) is 3. The molecular formula is C11H16ClNO3. The van der Waals surface area contributed by atoms with Gasteiger partial charge in [0.05, 0.1) is 7.11 Å². The predicted octanol–water partition coefficient (Wildman–Crippen LogP) is 1.38. The standard InChI is InChI=1S/C11H15NO3.ClH/c1-7-3-8(5-9(4-7)15-2)6-10(12)11(13)14;/h3-5,10H,6,12H2,1-2H3,(H,13,14);1H/t10-;/m0./s1. The van der Waals surface area contributed by atoms with Crippen LogP contribution in [0.25, 0.3) is 0 Å². The van der Waals surface area contributed by atoms with E-state index in [4.69, 9.17) is 15.6 Å². The van der Waals surface area contributed by atoms with E-state index in [9.17, 15) is 4.79 Å². The van der Waals surface area contributed by atoms with Gasteiger partial charge >= 0.3 is 5.97 Å². The number of hydrogen-bond donors (Lipinski definition) is 2. The number of halogens is 1. The highest BCUT2D eigenvalue weighted by molar-refractivity contribution is 5.85. The molecular weight excluding hydrogens is 230 g/mol. The number of rotatable bonds is 4. The lowest BCUT2D eigenvalue weighted by Gasteiger charge is -2.09. The van der Waals surface area contributed by atoms with Gasteiger partial charge in [0.2, 0.25) is 0 Å². The Morgan fingerprint density at radius 2 is 2.12 bits per heavy atom. The summed E-state index contributed by atoms with van der Waals surface area (Å²) in [7, 11) is 1.58. The molecule has 0 spiro atoms. The van der Waals surface area contributed by atoms with Crippen molar-refractivity contribution in [1.29, 1.82) is 0 Å². The summed E-state index contributed by atoms with van der Waals surface area (Å²) in [5.41, 5.74) is 7.36. The predicted molar refractivity (Wildman–Crippen MR) is 64.3 cm³/mol. The molecule has 0 heterocycles. The van der Waals surface area contributed by atoms with Crippen molar-refractivity contribution in [3.63, 3.8) is 0 Å². The maximum absolute atomic E-state index is 10.6. The Morgan fingerprint density at radius 3 is 2.62 bits per heavy atom. The number of carboxylic acids is 1. The van der Waals surface area contributed by atoms with E-state index in [1.807, 2.05) is 19.1 Å². The van der Waals surface area contributed by atoms with Gasteiger partial charge in [0.15, 0.2) is 0 Å². The van der Waals surface area contributed by atoms with E-state index in [1.54, 1.807) is 13.2 Å². The normalized spacial score (nSPS) is 11.4. The summed E-state index contributed by atoms with van der Waals surface area (Å²) in [6.45, 7) is 1.93. The second kappa shape index (κ2) is 6.35. The molecule has 1 atom stereocenters. The molecule has 0 radical (unpaired) electrons. The first-order chi connectivity index (χ1) is 7.02. The smallest absolute Gasteiger partial charge is 0.320 e. The highest BCUT2D eigenvalue weighted by Gasteiger charge is 2.12. The molecule has 0 aliphatic rings. The van der Waals surface area contributed by atoms with Crippen LogP contribution in [-0.2, 0) is 11.2 Å². The highest BCUT2D eigenvalue weighted by atomic mass is 35.5. The largest absolute Gasteiger partial charge is 0.497 e. The third kappa shape index (κ3) is 4.08. The molecule has 0 saturated heterocycles. The second-order valence-corrected chi connectivity index (χ2v) is 3.51. The van der Waals surface area contributed by atoms with Crippen LogP contribution in [0.5, 0.6) is 5.75 Å². The lowest BCUT2D eigenvalue weighted by molar-refractivity contribution is -0.138. The average molecular weight is 246 g/mol. The number of methoxy groups -OCH3 is 1. The minimum absolute atomic E-state index is 0. The van der Waals surface area contributed by atoms with E-state index in [2.05, 4.69) is 0 Å². The molecule has 0 aliphatic carbocycles. The molecule has 0 unspecified atom stereocenters. The first kappa shape index (κ1) is 14.7. The van der Waals surface area contributed by atoms with Crippen molar-refractivity contribution < 1.29 is 14.6 Å². The van der Waals surface area contributed by atoms with Crippen LogP contribution in [0.15, 0.2) is 18.2 Å². The maximum Gasteiger partial charge on any atom is 0.320 e. The maximum atomic E-state index is 10.6. The van der Waals surface area contributed by atoms with Gasteiger partial charge in [0.1, 0.15) is 11.8 Å². The Morgan fingerprint density at radius 1 is 1.50 bits per heavy atom. The zero-order valence-corrected chi connectivity index (χ0v) is 10.1. The Hall–Kier alpha value is -1.26. The Balaban J connectivity index is 0.00000225. The number of ether oxygens (including phenoxy) is 1. The minimum Gasteiger partial charge on any atom is -0.497 e. The van der Waals surface area contributed by atoms with Gasteiger partial charge in [0.25, 0.3) is 0 Å². The van der Waals surface area contributed by atoms with Crippen LogP contribution < -0.4 is 10.5 Å². The number of aliphatic carboxylic acids is 1. The van der Waals surface area contributed by atoms with E-state index in [1.165, 1.54) is 0 Å². The fourth-order valence-corrected chi connectivity index (χ4v) is 1.40. The summed E-state index contributed by atoms with van der Waals surface area (Å²) in [5.74, 6) is -0.266. The molecule has 1 rings (SSSR count). The van der Waals surface area contributed by atoms with Crippen LogP contribution in [0, 0.1) is 6.92 Å². The summed E-state index contributed by atoms with van der Waals surface area (Å²) in [6.07, 6.45) is 0.313. The van der Waals surface area contributed by atoms with Crippen LogP contribution in [0.2, 0.25) is 0 Å². The second-order valence-electron chi connectivity index (χ2n) is 3.51. The quantitative estimate of drug-likeness (QED) is 0.841. The van der Waals surface area contributed by atoms with Gasteiger partial charge in [-0.3, -0.25) is 4.79 Å². The molecule has 90 valence electrons. The summed E-state index contributed by atoms with van der Waals surface area (Å²) < 4.78 is 5.09. The minimum atomic E-state index is -0.990. The van der Waals surface area contributed by atoms with Crippen molar-refractivity contribution in [3.8, 4) is 5.75 Å². The van der Waals surface area contributed by atoms with Gasteiger partial charge in [-0.25, -0.2) is 0 Å².